The van der Waals surface area contributed by atoms with Crippen molar-refractivity contribution in [1.29, 1.82) is 0 Å². The van der Waals surface area contributed by atoms with E-state index in [2.05, 4.69) is 33.0 Å². The van der Waals surface area contributed by atoms with Crippen LogP contribution in [0.1, 0.15) is 43.2 Å². The molecule has 8 nitrogen and oxygen atoms in total. The van der Waals surface area contributed by atoms with Crippen LogP contribution in [0.15, 0.2) is 35.4 Å². The van der Waals surface area contributed by atoms with Crippen molar-refractivity contribution in [2.75, 3.05) is 26.3 Å². The number of nitrogens with zero attached hydrogens (tertiary/aromatic N) is 5. The maximum absolute atomic E-state index is 12.7. The van der Waals surface area contributed by atoms with E-state index in [9.17, 15) is 4.79 Å². The molecular weight excluding hydrogens is 368 g/mol. The Balaban J connectivity index is 1.43. The molecule has 0 unspecified atom stereocenters. The number of likely N-dealkylation sites (tertiary alicyclic amines) is 1. The Kier molecular flexibility index (Phi) is 4.89. The van der Waals surface area contributed by atoms with Gasteiger partial charge < -0.3 is 9.72 Å². The van der Waals surface area contributed by atoms with Crippen LogP contribution in [-0.2, 0) is 11.3 Å². The molecule has 3 aromatic heterocycles. The van der Waals surface area contributed by atoms with Crippen molar-refractivity contribution in [3.8, 4) is 0 Å². The Bertz CT molecular complexity index is 1040. The lowest BCUT2D eigenvalue weighted by Crippen LogP contribution is -2.23. The van der Waals surface area contributed by atoms with Gasteiger partial charge in [-0.1, -0.05) is 13.0 Å². The van der Waals surface area contributed by atoms with Gasteiger partial charge in [-0.2, -0.15) is 5.10 Å². The van der Waals surface area contributed by atoms with Crippen LogP contribution >= 0.6 is 0 Å². The molecule has 0 bridgehead atoms. The zero-order chi connectivity index (χ0) is 19.8. The predicted octanol–water partition coefficient (Wildman–Crippen LogP) is 2.10. The minimum absolute atomic E-state index is 0.0984. The average molecular weight is 394 g/mol. The Hall–Kier alpha value is -2.58. The molecule has 0 aromatic carbocycles. The molecule has 5 heterocycles. The number of aromatic amines is 1. The monoisotopic (exact) mass is 394 g/mol. The van der Waals surface area contributed by atoms with Gasteiger partial charge in [-0.15, -0.1) is 0 Å². The van der Waals surface area contributed by atoms with E-state index in [0.29, 0.717) is 17.0 Å². The molecule has 8 heteroatoms. The second-order valence-electron chi connectivity index (χ2n) is 8.22. The van der Waals surface area contributed by atoms with Crippen molar-refractivity contribution >= 4 is 11.0 Å². The lowest BCUT2D eigenvalue weighted by Gasteiger charge is -2.23. The molecule has 2 saturated heterocycles. The molecule has 2 atom stereocenters. The SMILES string of the molecule is C[C@@H]1CN(Cc2ccccn2)C[C@H]1c1nc2c(cnn2C2CCOCC2)c(=O)[nH]1. The standard InChI is InChI=1S/C21H26N6O2/c1-14-11-26(12-15-4-2-3-7-22-15)13-18(14)19-24-20-17(21(28)25-19)10-23-27(20)16-5-8-29-9-6-16/h2-4,7,10,14,16,18H,5-6,8-9,11-13H2,1H3,(H,24,25,28)/t14-,18-/m1/s1. The molecule has 1 N–H and O–H groups in total. The number of hydrogen-bond donors (Lipinski definition) is 1. The van der Waals surface area contributed by atoms with Crippen molar-refractivity contribution in [3.63, 3.8) is 0 Å². The highest BCUT2D eigenvalue weighted by Crippen LogP contribution is 2.32. The summed E-state index contributed by atoms with van der Waals surface area (Å²) in [6.45, 7) is 6.31. The lowest BCUT2D eigenvalue weighted by atomic mass is 9.97. The lowest BCUT2D eigenvalue weighted by molar-refractivity contribution is 0.0673. The van der Waals surface area contributed by atoms with Crippen LogP contribution in [0.3, 0.4) is 0 Å². The zero-order valence-electron chi connectivity index (χ0n) is 16.6. The minimum atomic E-state index is -0.0984. The molecular formula is C21H26N6O2. The quantitative estimate of drug-likeness (QED) is 0.729. The number of hydrogen-bond acceptors (Lipinski definition) is 6. The van der Waals surface area contributed by atoms with Crippen molar-refractivity contribution in [2.45, 2.75) is 38.3 Å². The van der Waals surface area contributed by atoms with Gasteiger partial charge in [-0.25, -0.2) is 9.67 Å². The zero-order valence-corrected chi connectivity index (χ0v) is 16.6. The maximum atomic E-state index is 12.7. The first kappa shape index (κ1) is 18.4. The molecule has 0 aliphatic carbocycles. The topological polar surface area (TPSA) is 88.9 Å². The summed E-state index contributed by atoms with van der Waals surface area (Å²) in [5, 5.41) is 5.06. The summed E-state index contributed by atoms with van der Waals surface area (Å²) in [5.74, 6) is 1.36. The number of aromatic nitrogens is 5. The second-order valence-corrected chi connectivity index (χ2v) is 8.22. The van der Waals surface area contributed by atoms with Gasteiger partial charge in [0.25, 0.3) is 5.56 Å². The summed E-state index contributed by atoms with van der Waals surface area (Å²) >= 11 is 0. The Labute approximate surface area is 168 Å². The van der Waals surface area contributed by atoms with Gasteiger partial charge in [0.2, 0.25) is 0 Å². The van der Waals surface area contributed by atoms with E-state index < -0.39 is 0 Å². The van der Waals surface area contributed by atoms with Crippen LogP contribution in [0.2, 0.25) is 0 Å². The van der Waals surface area contributed by atoms with E-state index in [1.54, 1.807) is 6.20 Å². The normalized spacial score (nSPS) is 23.8. The number of fused-ring (bicyclic) bond motifs is 1. The molecule has 3 aromatic rings. The average Bonchev–Trinajstić information content (AvgIpc) is 3.33. The number of pyridine rings is 1. The van der Waals surface area contributed by atoms with E-state index in [1.165, 1.54) is 0 Å². The van der Waals surface area contributed by atoms with Gasteiger partial charge in [-0.3, -0.25) is 14.7 Å². The highest BCUT2D eigenvalue weighted by Gasteiger charge is 2.33. The number of H-pyrrole nitrogens is 1. The highest BCUT2D eigenvalue weighted by atomic mass is 16.5. The third-order valence-corrected chi connectivity index (χ3v) is 6.17. The summed E-state index contributed by atoms with van der Waals surface area (Å²) in [5.41, 5.74) is 1.67. The predicted molar refractivity (Wildman–Crippen MR) is 109 cm³/mol. The Morgan fingerprint density at radius 3 is 2.90 bits per heavy atom. The maximum Gasteiger partial charge on any atom is 0.262 e. The summed E-state index contributed by atoms with van der Waals surface area (Å²) in [4.78, 5) is 27.5. The number of rotatable bonds is 4. The molecule has 152 valence electrons. The van der Waals surface area contributed by atoms with E-state index >= 15 is 0 Å². The molecule has 2 fully saturated rings. The van der Waals surface area contributed by atoms with Crippen LogP contribution in [0.4, 0.5) is 0 Å². The third-order valence-electron chi connectivity index (χ3n) is 6.17. The van der Waals surface area contributed by atoms with Crippen LogP contribution in [-0.4, -0.2) is 55.9 Å². The van der Waals surface area contributed by atoms with Crippen molar-refractivity contribution < 1.29 is 4.74 Å². The molecule has 2 aliphatic rings. The first-order chi connectivity index (χ1) is 14.2. The molecule has 0 saturated carbocycles. The van der Waals surface area contributed by atoms with E-state index in [0.717, 1.165) is 57.2 Å². The fraction of sp³-hybridized carbons (Fsp3) is 0.524. The molecule has 5 rings (SSSR count). The van der Waals surface area contributed by atoms with E-state index in [4.69, 9.17) is 9.72 Å². The van der Waals surface area contributed by atoms with Gasteiger partial charge >= 0.3 is 0 Å². The molecule has 0 radical (unpaired) electrons. The number of nitrogens with one attached hydrogen (secondary N) is 1. The van der Waals surface area contributed by atoms with Gasteiger partial charge in [0, 0.05) is 45.0 Å². The molecule has 2 aliphatic heterocycles. The molecule has 29 heavy (non-hydrogen) atoms. The van der Waals surface area contributed by atoms with Gasteiger partial charge in [0.15, 0.2) is 5.65 Å². The minimum Gasteiger partial charge on any atom is -0.381 e. The summed E-state index contributed by atoms with van der Waals surface area (Å²) < 4.78 is 7.41. The van der Waals surface area contributed by atoms with Crippen LogP contribution in [0, 0.1) is 5.92 Å². The van der Waals surface area contributed by atoms with E-state index in [1.807, 2.05) is 23.0 Å². The molecule has 0 amide bonds. The van der Waals surface area contributed by atoms with Crippen molar-refractivity contribution in [2.24, 2.45) is 5.92 Å². The van der Waals surface area contributed by atoms with E-state index in [-0.39, 0.29) is 17.5 Å². The third kappa shape index (κ3) is 3.58. The number of ether oxygens (including phenoxy) is 1. The first-order valence-electron chi connectivity index (χ1n) is 10.4. The fourth-order valence-electron chi connectivity index (χ4n) is 4.60. The Morgan fingerprint density at radius 1 is 1.24 bits per heavy atom. The molecule has 0 spiro atoms. The summed E-state index contributed by atoms with van der Waals surface area (Å²) in [6.07, 6.45) is 5.28. The van der Waals surface area contributed by atoms with Crippen molar-refractivity contribution in [1.82, 2.24) is 29.6 Å². The van der Waals surface area contributed by atoms with Gasteiger partial charge in [0.1, 0.15) is 11.2 Å². The van der Waals surface area contributed by atoms with Crippen LogP contribution in [0.5, 0.6) is 0 Å². The first-order valence-corrected chi connectivity index (χ1v) is 10.4. The van der Waals surface area contributed by atoms with Gasteiger partial charge in [-0.05, 0) is 30.9 Å². The fourth-order valence-corrected chi connectivity index (χ4v) is 4.60. The summed E-state index contributed by atoms with van der Waals surface area (Å²) in [6, 6.07) is 6.25. The summed E-state index contributed by atoms with van der Waals surface area (Å²) in [7, 11) is 0. The largest absolute Gasteiger partial charge is 0.381 e. The van der Waals surface area contributed by atoms with Crippen molar-refractivity contribution in [3.05, 3.63) is 52.5 Å². The van der Waals surface area contributed by atoms with Gasteiger partial charge in [0.05, 0.1) is 17.9 Å². The smallest absolute Gasteiger partial charge is 0.262 e. The Morgan fingerprint density at radius 2 is 2.10 bits per heavy atom. The second kappa shape index (κ2) is 7.68. The van der Waals surface area contributed by atoms with Crippen LogP contribution in [0.25, 0.3) is 11.0 Å². The highest BCUT2D eigenvalue weighted by molar-refractivity contribution is 5.73. The van der Waals surface area contributed by atoms with Crippen LogP contribution < -0.4 is 5.56 Å².